The van der Waals surface area contributed by atoms with Crippen LogP contribution < -0.4 is 10.2 Å². The Bertz CT molecular complexity index is 1870. The van der Waals surface area contributed by atoms with Crippen molar-refractivity contribution in [3.8, 4) is 16.9 Å². The summed E-state index contributed by atoms with van der Waals surface area (Å²) in [5.74, 6) is 1.10. The second kappa shape index (κ2) is 9.00. The molecule has 210 valence electrons. The molecule has 3 N–H and O–H groups in total. The summed E-state index contributed by atoms with van der Waals surface area (Å²) in [7, 11) is 4.10. The van der Waals surface area contributed by atoms with E-state index in [0.717, 1.165) is 42.3 Å². The molecule has 5 aromatic rings. The molecule has 10 heteroatoms. The molecule has 4 aliphatic rings. The number of likely N-dealkylation sites (N-methyl/N-ethyl adjacent to an activating group) is 1. The number of phenolic OH excluding ortho intramolecular Hbond substituents is 1. The van der Waals surface area contributed by atoms with E-state index in [1.54, 1.807) is 18.2 Å². The summed E-state index contributed by atoms with van der Waals surface area (Å²) in [6, 6.07) is 13.3. The minimum Gasteiger partial charge on any atom is -0.508 e. The van der Waals surface area contributed by atoms with Crippen molar-refractivity contribution in [2.75, 3.05) is 38.6 Å². The molecule has 1 aliphatic carbocycles. The number of hydrogen-bond donors (Lipinski definition) is 3. The number of rotatable bonds is 5. The van der Waals surface area contributed by atoms with Gasteiger partial charge in [0.15, 0.2) is 11.6 Å². The van der Waals surface area contributed by atoms with Crippen LogP contribution in [0.25, 0.3) is 43.8 Å². The molecule has 3 aromatic carbocycles. The van der Waals surface area contributed by atoms with E-state index in [9.17, 15) is 10.2 Å². The Balaban J connectivity index is 1.43. The normalized spacial score (nSPS) is 22.3. The molecule has 41 heavy (non-hydrogen) atoms. The molecule has 8 nitrogen and oxygen atoms in total. The number of anilines is 1. The van der Waals surface area contributed by atoms with Gasteiger partial charge in [0, 0.05) is 42.7 Å². The van der Waals surface area contributed by atoms with E-state index in [2.05, 4.69) is 33.8 Å². The van der Waals surface area contributed by atoms with Crippen LogP contribution in [-0.2, 0) is 6.61 Å². The maximum absolute atomic E-state index is 16.9. The van der Waals surface area contributed by atoms with Crippen LogP contribution in [-0.4, -0.2) is 75.5 Å². The standard InChI is InChI=1S/C31H30ClFN6O2/c1-37(2)17-12-38(13-17)31-28-30(39(24(14-40)35-28)29-16-8-23(29)34-11-16)21-10-22(32)25(26(33)27(21)36-31)20-9-18(41)7-15-5-3-4-6-19(15)20/h3-7,9-10,16-17,23,29,34,40-41H,8,11-14H2,1-2H3. The van der Waals surface area contributed by atoms with Gasteiger partial charge in [-0.05, 0) is 61.0 Å². The van der Waals surface area contributed by atoms with Crippen molar-refractivity contribution in [2.45, 2.75) is 31.2 Å². The molecule has 5 heterocycles. The largest absolute Gasteiger partial charge is 0.508 e. The Morgan fingerprint density at radius 1 is 1.10 bits per heavy atom. The number of phenols is 1. The van der Waals surface area contributed by atoms with Gasteiger partial charge in [0.25, 0.3) is 0 Å². The Labute approximate surface area is 241 Å². The molecule has 2 bridgehead atoms. The Hall–Kier alpha value is -3.50. The third-order valence-electron chi connectivity index (χ3n) is 9.40. The number of fused-ring (bicyclic) bond motifs is 5. The van der Waals surface area contributed by atoms with Gasteiger partial charge in [-0.25, -0.2) is 14.4 Å². The van der Waals surface area contributed by atoms with E-state index in [1.165, 1.54) is 0 Å². The van der Waals surface area contributed by atoms with Gasteiger partial charge in [-0.3, -0.25) is 0 Å². The van der Waals surface area contributed by atoms with E-state index >= 15 is 4.39 Å². The molecule has 4 fully saturated rings. The van der Waals surface area contributed by atoms with E-state index in [0.29, 0.717) is 40.1 Å². The van der Waals surface area contributed by atoms with Gasteiger partial charge < -0.3 is 29.9 Å². The second-order valence-corrected chi connectivity index (χ2v) is 12.3. The summed E-state index contributed by atoms with van der Waals surface area (Å²) in [6.45, 7) is 2.18. The van der Waals surface area contributed by atoms with Crippen LogP contribution in [0.2, 0.25) is 5.02 Å². The lowest BCUT2D eigenvalue weighted by atomic mass is 9.79. The lowest BCUT2D eigenvalue weighted by Gasteiger charge is -2.43. The predicted octanol–water partition coefficient (Wildman–Crippen LogP) is 4.68. The summed E-state index contributed by atoms with van der Waals surface area (Å²) in [5.41, 5.74) is 2.35. The van der Waals surface area contributed by atoms with Gasteiger partial charge >= 0.3 is 0 Å². The van der Waals surface area contributed by atoms with E-state index < -0.39 is 5.82 Å². The number of aliphatic hydroxyl groups excluding tert-OH is 1. The van der Waals surface area contributed by atoms with Crippen LogP contribution in [0.15, 0.2) is 42.5 Å². The summed E-state index contributed by atoms with van der Waals surface area (Å²) >= 11 is 6.92. The fourth-order valence-electron chi connectivity index (χ4n) is 7.15. The SMILES string of the molecule is CN(C)C1CN(c2nc3c(F)c(-c4cc(O)cc5ccccc45)c(Cl)cc3c3c2nc(CO)n3C2C3CNC2C3)C1. The highest BCUT2D eigenvalue weighted by atomic mass is 35.5. The number of aromatic hydroxyl groups is 1. The quantitative estimate of drug-likeness (QED) is 0.282. The van der Waals surface area contributed by atoms with Gasteiger partial charge in [-0.15, -0.1) is 0 Å². The first-order chi connectivity index (χ1) is 19.8. The summed E-state index contributed by atoms with van der Waals surface area (Å²) < 4.78 is 19.0. The number of nitrogens with one attached hydrogen (secondary N) is 1. The first-order valence-electron chi connectivity index (χ1n) is 14.0. The Morgan fingerprint density at radius 2 is 1.90 bits per heavy atom. The van der Waals surface area contributed by atoms with Crippen molar-refractivity contribution in [2.24, 2.45) is 5.92 Å². The van der Waals surface area contributed by atoms with Gasteiger partial charge in [0.2, 0.25) is 0 Å². The van der Waals surface area contributed by atoms with Crippen LogP contribution in [0.4, 0.5) is 10.2 Å². The first kappa shape index (κ1) is 25.2. The lowest BCUT2D eigenvalue weighted by molar-refractivity contribution is 0.200. The summed E-state index contributed by atoms with van der Waals surface area (Å²) in [5, 5.41) is 26.9. The molecular formula is C31H30ClFN6O2. The van der Waals surface area contributed by atoms with Gasteiger partial charge in [0.1, 0.15) is 29.2 Å². The topological polar surface area (TPSA) is 89.7 Å². The van der Waals surface area contributed by atoms with Crippen LogP contribution in [0.5, 0.6) is 5.75 Å². The molecule has 2 aromatic heterocycles. The zero-order valence-corrected chi connectivity index (χ0v) is 23.5. The number of hydrogen-bond acceptors (Lipinski definition) is 7. The third-order valence-corrected chi connectivity index (χ3v) is 9.70. The highest BCUT2D eigenvalue weighted by molar-refractivity contribution is 6.35. The second-order valence-electron chi connectivity index (χ2n) is 11.9. The Kier molecular flexibility index (Phi) is 5.54. The monoisotopic (exact) mass is 572 g/mol. The van der Waals surface area contributed by atoms with Gasteiger partial charge in [-0.1, -0.05) is 35.9 Å². The molecule has 0 radical (unpaired) electrons. The number of imidazole rings is 1. The van der Waals surface area contributed by atoms with Crippen molar-refractivity contribution < 1.29 is 14.6 Å². The first-order valence-corrected chi connectivity index (χ1v) is 14.4. The average Bonchev–Trinajstić information content (AvgIpc) is 3.64. The predicted molar refractivity (Wildman–Crippen MR) is 159 cm³/mol. The Morgan fingerprint density at radius 3 is 2.61 bits per heavy atom. The number of benzene rings is 3. The minimum absolute atomic E-state index is 0.0345. The molecule has 0 amide bonds. The van der Waals surface area contributed by atoms with E-state index in [4.69, 9.17) is 21.6 Å². The smallest absolute Gasteiger partial charge is 0.158 e. The molecule has 3 unspecified atom stereocenters. The molecule has 3 saturated heterocycles. The minimum atomic E-state index is -0.538. The maximum atomic E-state index is 16.9. The molecule has 0 spiro atoms. The van der Waals surface area contributed by atoms with E-state index in [1.807, 2.05) is 24.3 Å². The number of aliphatic hydroxyl groups is 1. The summed E-state index contributed by atoms with van der Waals surface area (Å²) in [6.07, 6.45) is 1.07. The highest BCUT2D eigenvalue weighted by Crippen LogP contribution is 2.49. The maximum Gasteiger partial charge on any atom is 0.158 e. The zero-order chi connectivity index (χ0) is 28.2. The van der Waals surface area contributed by atoms with Gasteiger partial charge in [0.05, 0.1) is 16.6 Å². The molecule has 1 saturated carbocycles. The van der Waals surface area contributed by atoms with Crippen LogP contribution in [0, 0.1) is 11.7 Å². The van der Waals surface area contributed by atoms with Crippen molar-refractivity contribution in [1.29, 1.82) is 0 Å². The van der Waals surface area contributed by atoms with Crippen molar-refractivity contribution >= 4 is 50.1 Å². The molecular weight excluding hydrogens is 543 g/mol. The fourth-order valence-corrected chi connectivity index (χ4v) is 7.44. The van der Waals surface area contributed by atoms with Crippen LogP contribution in [0.3, 0.4) is 0 Å². The number of pyridine rings is 1. The highest BCUT2D eigenvalue weighted by Gasteiger charge is 2.49. The number of aromatic nitrogens is 3. The molecule has 3 atom stereocenters. The average molecular weight is 573 g/mol. The molecule has 3 aliphatic heterocycles. The van der Waals surface area contributed by atoms with Crippen molar-refractivity contribution in [3.05, 3.63) is 59.1 Å². The summed E-state index contributed by atoms with van der Waals surface area (Å²) in [4.78, 5) is 14.2. The zero-order valence-electron chi connectivity index (χ0n) is 22.8. The van der Waals surface area contributed by atoms with Crippen molar-refractivity contribution in [1.82, 2.24) is 24.8 Å². The van der Waals surface area contributed by atoms with Crippen LogP contribution >= 0.6 is 11.6 Å². The van der Waals surface area contributed by atoms with Crippen molar-refractivity contribution in [3.63, 3.8) is 0 Å². The number of nitrogens with zero attached hydrogens (tertiary/aromatic N) is 5. The van der Waals surface area contributed by atoms with E-state index in [-0.39, 0.29) is 40.5 Å². The lowest BCUT2D eigenvalue weighted by Crippen LogP contribution is -2.57. The van der Waals surface area contributed by atoms with Crippen LogP contribution in [0.1, 0.15) is 18.3 Å². The molecule has 9 rings (SSSR count). The third kappa shape index (κ3) is 3.56. The number of halogens is 2. The van der Waals surface area contributed by atoms with Gasteiger partial charge in [-0.2, -0.15) is 0 Å². The fraction of sp³-hybridized carbons (Fsp3) is 0.355.